The van der Waals surface area contributed by atoms with Crippen LogP contribution in [0.4, 0.5) is 17.1 Å². The zero-order valence-electron chi connectivity index (χ0n) is 14.7. The number of benzene rings is 3. The molecule has 0 saturated heterocycles. The van der Waals surface area contributed by atoms with E-state index in [1.165, 1.54) is 0 Å². The van der Waals surface area contributed by atoms with E-state index < -0.39 is 0 Å². The summed E-state index contributed by atoms with van der Waals surface area (Å²) in [7, 11) is 0. The second kappa shape index (κ2) is 7.99. The van der Waals surface area contributed by atoms with Gasteiger partial charge < -0.3 is 4.90 Å². The van der Waals surface area contributed by atoms with E-state index in [-0.39, 0.29) is 0 Å². The summed E-state index contributed by atoms with van der Waals surface area (Å²) in [6, 6.07) is 28.9. The summed E-state index contributed by atoms with van der Waals surface area (Å²) < 4.78 is 0. The summed E-state index contributed by atoms with van der Waals surface area (Å²) in [6.07, 6.45) is 4.94. The Morgan fingerprint density at radius 3 is 1.74 bits per heavy atom. The average Bonchev–Trinajstić information content (AvgIpc) is 2.76. The first-order chi connectivity index (χ1) is 13.4. The Labute approximate surface area is 159 Å². The summed E-state index contributed by atoms with van der Waals surface area (Å²) in [5.74, 6) is 6.17. The van der Waals surface area contributed by atoms with Crippen LogP contribution in [0.1, 0.15) is 11.3 Å². The zero-order chi connectivity index (χ0) is 18.3. The van der Waals surface area contributed by atoms with Gasteiger partial charge in [0.1, 0.15) is 5.69 Å². The Morgan fingerprint density at radius 1 is 0.593 bits per heavy atom. The molecule has 3 aromatic carbocycles. The van der Waals surface area contributed by atoms with Gasteiger partial charge in [-0.05, 0) is 54.5 Å². The molecule has 0 atom stereocenters. The van der Waals surface area contributed by atoms with E-state index in [9.17, 15) is 0 Å². The van der Waals surface area contributed by atoms with Crippen LogP contribution in [0, 0.1) is 11.8 Å². The summed E-state index contributed by atoms with van der Waals surface area (Å²) in [6.45, 7) is 0. The van der Waals surface area contributed by atoms with Gasteiger partial charge in [-0.15, -0.1) is 0 Å². The molecule has 1 heterocycles. The molecule has 0 aliphatic heterocycles. The topological polar surface area (TPSA) is 29.0 Å². The van der Waals surface area contributed by atoms with Crippen LogP contribution < -0.4 is 4.90 Å². The third kappa shape index (κ3) is 4.02. The average molecular weight is 347 g/mol. The van der Waals surface area contributed by atoms with Crippen molar-refractivity contribution in [2.75, 3.05) is 4.90 Å². The van der Waals surface area contributed by atoms with E-state index >= 15 is 0 Å². The van der Waals surface area contributed by atoms with E-state index in [1.54, 1.807) is 18.6 Å². The number of aromatic nitrogens is 2. The minimum atomic E-state index is 0.664. The van der Waals surface area contributed by atoms with Crippen LogP contribution in [-0.2, 0) is 0 Å². The van der Waals surface area contributed by atoms with E-state index in [0.717, 1.165) is 22.6 Å². The van der Waals surface area contributed by atoms with Gasteiger partial charge in [0, 0.05) is 35.0 Å². The first-order valence-electron chi connectivity index (χ1n) is 8.68. The molecule has 1 aromatic heterocycles. The fraction of sp³-hybridized carbons (Fsp3) is 0. The quantitative estimate of drug-likeness (QED) is 0.468. The highest BCUT2D eigenvalue weighted by molar-refractivity contribution is 5.76. The van der Waals surface area contributed by atoms with Crippen molar-refractivity contribution in [2.45, 2.75) is 0 Å². The number of anilines is 3. The maximum Gasteiger partial charge on any atom is 0.131 e. The normalized spacial score (nSPS) is 9.93. The van der Waals surface area contributed by atoms with E-state index in [4.69, 9.17) is 0 Å². The Hall–Kier alpha value is -3.90. The minimum absolute atomic E-state index is 0.664. The third-order valence-corrected chi connectivity index (χ3v) is 4.05. The van der Waals surface area contributed by atoms with Crippen LogP contribution >= 0.6 is 0 Å². The van der Waals surface area contributed by atoms with Crippen LogP contribution in [0.5, 0.6) is 0 Å². The first-order valence-corrected chi connectivity index (χ1v) is 8.68. The van der Waals surface area contributed by atoms with Gasteiger partial charge in [-0.25, -0.2) is 4.98 Å². The van der Waals surface area contributed by atoms with Crippen molar-refractivity contribution < 1.29 is 0 Å². The van der Waals surface area contributed by atoms with Crippen molar-refractivity contribution in [1.82, 2.24) is 9.97 Å². The molecule has 0 N–H and O–H groups in total. The maximum atomic E-state index is 4.17. The highest BCUT2D eigenvalue weighted by Crippen LogP contribution is 2.33. The Kier molecular flexibility index (Phi) is 4.90. The fourth-order valence-electron chi connectivity index (χ4n) is 2.80. The lowest BCUT2D eigenvalue weighted by Crippen LogP contribution is -2.09. The molecular weight excluding hydrogens is 330 g/mol. The van der Waals surface area contributed by atoms with E-state index in [0.29, 0.717) is 5.69 Å². The second-order valence-corrected chi connectivity index (χ2v) is 5.89. The molecule has 0 radical (unpaired) electrons. The van der Waals surface area contributed by atoms with Gasteiger partial charge in [-0.3, -0.25) is 4.98 Å². The van der Waals surface area contributed by atoms with Crippen molar-refractivity contribution in [3.63, 3.8) is 0 Å². The molecule has 128 valence electrons. The van der Waals surface area contributed by atoms with Gasteiger partial charge in [0.2, 0.25) is 0 Å². The van der Waals surface area contributed by atoms with Gasteiger partial charge in [-0.1, -0.05) is 42.3 Å². The Balaban J connectivity index is 1.67. The molecule has 3 nitrogen and oxygen atoms in total. The number of rotatable bonds is 3. The summed E-state index contributed by atoms with van der Waals surface area (Å²) in [5, 5.41) is 0. The van der Waals surface area contributed by atoms with Gasteiger partial charge in [0.15, 0.2) is 0 Å². The molecule has 3 heteroatoms. The molecule has 0 aliphatic rings. The van der Waals surface area contributed by atoms with E-state index in [2.05, 4.69) is 63.1 Å². The predicted molar refractivity (Wildman–Crippen MR) is 109 cm³/mol. The number of nitrogens with zero attached hydrogens (tertiary/aromatic N) is 3. The third-order valence-electron chi connectivity index (χ3n) is 4.05. The van der Waals surface area contributed by atoms with Crippen molar-refractivity contribution in [2.24, 2.45) is 0 Å². The minimum Gasteiger partial charge on any atom is -0.311 e. The summed E-state index contributed by atoms with van der Waals surface area (Å²) in [4.78, 5) is 10.4. The van der Waals surface area contributed by atoms with Gasteiger partial charge in [0.05, 0.1) is 6.20 Å². The zero-order valence-corrected chi connectivity index (χ0v) is 14.7. The van der Waals surface area contributed by atoms with Crippen molar-refractivity contribution in [3.8, 4) is 11.8 Å². The Morgan fingerprint density at radius 2 is 1.19 bits per heavy atom. The summed E-state index contributed by atoms with van der Waals surface area (Å²) in [5.41, 5.74) is 4.91. The fourth-order valence-corrected chi connectivity index (χ4v) is 2.80. The SMILES string of the molecule is C(#Cc1cnccn1)c1ccc(N(c2ccccc2)c2ccccc2)cc1. The second-order valence-electron chi connectivity index (χ2n) is 5.89. The molecule has 0 spiro atoms. The molecule has 27 heavy (non-hydrogen) atoms. The van der Waals surface area contributed by atoms with Crippen molar-refractivity contribution >= 4 is 17.1 Å². The lowest BCUT2D eigenvalue weighted by molar-refractivity contribution is 1.17. The number of hydrogen-bond donors (Lipinski definition) is 0. The van der Waals surface area contributed by atoms with Gasteiger partial charge in [0.25, 0.3) is 0 Å². The molecule has 0 saturated carbocycles. The molecule has 0 bridgehead atoms. The molecule has 4 rings (SSSR count). The van der Waals surface area contributed by atoms with Crippen LogP contribution in [0.3, 0.4) is 0 Å². The highest BCUT2D eigenvalue weighted by Gasteiger charge is 2.11. The van der Waals surface area contributed by atoms with Crippen molar-refractivity contribution in [1.29, 1.82) is 0 Å². The lowest BCUT2D eigenvalue weighted by Gasteiger charge is -2.25. The van der Waals surface area contributed by atoms with Crippen LogP contribution in [0.15, 0.2) is 104 Å². The molecule has 0 fully saturated rings. The van der Waals surface area contributed by atoms with E-state index in [1.807, 2.05) is 48.5 Å². The maximum absolute atomic E-state index is 4.17. The lowest BCUT2D eigenvalue weighted by atomic mass is 10.1. The Bertz CT molecular complexity index is 1010. The molecule has 0 aliphatic carbocycles. The van der Waals surface area contributed by atoms with Gasteiger partial charge >= 0.3 is 0 Å². The van der Waals surface area contributed by atoms with Crippen LogP contribution in [0.25, 0.3) is 0 Å². The highest BCUT2D eigenvalue weighted by atomic mass is 15.1. The van der Waals surface area contributed by atoms with Crippen LogP contribution in [-0.4, -0.2) is 9.97 Å². The number of hydrogen-bond acceptors (Lipinski definition) is 3. The van der Waals surface area contributed by atoms with Gasteiger partial charge in [-0.2, -0.15) is 0 Å². The van der Waals surface area contributed by atoms with Crippen molar-refractivity contribution in [3.05, 3.63) is 115 Å². The molecule has 0 amide bonds. The molecule has 0 unspecified atom stereocenters. The number of para-hydroxylation sites is 2. The first kappa shape index (κ1) is 16.6. The molecule has 4 aromatic rings. The largest absolute Gasteiger partial charge is 0.311 e. The van der Waals surface area contributed by atoms with Crippen LogP contribution in [0.2, 0.25) is 0 Å². The summed E-state index contributed by atoms with van der Waals surface area (Å²) >= 11 is 0. The molecular formula is C24H17N3. The predicted octanol–water partition coefficient (Wildman–Crippen LogP) is 5.35. The monoisotopic (exact) mass is 347 g/mol. The smallest absolute Gasteiger partial charge is 0.131 e. The standard InChI is InChI=1S/C24H17N3/c1-3-7-22(8-4-1)27(23-9-5-2-6-10-23)24-15-12-20(13-16-24)11-14-21-19-25-17-18-26-21/h1-10,12-13,15-19H.